The van der Waals surface area contributed by atoms with Crippen molar-refractivity contribution in [3.63, 3.8) is 0 Å². The number of hydrogen-bond acceptors (Lipinski definition) is 15. The van der Waals surface area contributed by atoms with Gasteiger partial charge in [-0.3, -0.25) is 37.3 Å². The lowest BCUT2D eigenvalue weighted by molar-refractivity contribution is -0.161. The van der Waals surface area contributed by atoms with Crippen molar-refractivity contribution in [2.24, 2.45) is 11.8 Å². The lowest BCUT2D eigenvalue weighted by Crippen LogP contribution is -2.30. The fourth-order valence-corrected chi connectivity index (χ4v) is 12.7. The predicted octanol–water partition coefficient (Wildman–Crippen LogP) is 21.2. The monoisotopic (exact) mass is 1350 g/mol. The highest BCUT2D eigenvalue weighted by atomic mass is 31.2. The standard InChI is InChI=1S/C73H142O17P2/c1-7-9-11-13-15-17-18-26-33-39-45-51-57-72(77)89-68(61-83-70(75)55-49-43-37-29-16-14-12-10-8-2)63-87-91(79,80)85-59-67(74)60-86-92(81,82)88-64-69(62-84-71(76)56-50-44-38-32-28-23-25-31-36-42-48-54-66(5)6)90-73(78)58-52-46-40-34-27-22-20-19-21-24-30-35-41-47-53-65(3)4/h65-69,74H,7-64H2,1-6H3,(H,79,80)(H,81,82)/t67-,68+,69+/m0/s1. The fraction of sp³-hybridized carbons (Fsp3) is 0.945. The Kier molecular flexibility index (Phi) is 63.7. The molecular formula is C73H142O17P2. The first kappa shape index (κ1) is 90.1. The van der Waals surface area contributed by atoms with Crippen LogP contribution < -0.4 is 0 Å². The summed E-state index contributed by atoms with van der Waals surface area (Å²) >= 11 is 0. The van der Waals surface area contributed by atoms with E-state index in [2.05, 4.69) is 41.5 Å². The number of unbranched alkanes of at least 4 members (excludes halogenated alkanes) is 42. The van der Waals surface area contributed by atoms with Crippen molar-refractivity contribution in [1.82, 2.24) is 0 Å². The van der Waals surface area contributed by atoms with E-state index in [0.29, 0.717) is 25.7 Å². The Labute approximate surface area is 562 Å². The van der Waals surface area contributed by atoms with Crippen molar-refractivity contribution in [3.05, 3.63) is 0 Å². The molecule has 0 aliphatic carbocycles. The van der Waals surface area contributed by atoms with Crippen LogP contribution in [0.3, 0.4) is 0 Å². The Balaban J connectivity index is 5.23. The van der Waals surface area contributed by atoms with Crippen LogP contribution in [-0.2, 0) is 65.4 Å². The molecule has 0 heterocycles. The number of phosphoric acid groups is 2. The highest BCUT2D eigenvalue weighted by Gasteiger charge is 2.30. The van der Waals surface area contributed by atoms with Gasteiger partial charge >= 0.3 is 39.5 Å². The van der Waals surface area contributed by atoms with Crippen LogP contribution in [0.5, 0.6) is 0 Å². The predicted molar refractivity (Wildman–Crippen MR) is 372 cm³/mol. The first-order valence-electron chi connectivity index (χ1n) is 38.0. The molecular weight excluding hydrogens is 1210 g/mol. The normalized spacial score (nSPS) is 14.1. The minimum atomic E-state index is -4.95. The maximum atomic E-state index is 13.1. The zero-order valence-electron chi connectivity index (χ0n) is 59.9. The minimum absolute atomic E-state index is 0.107. The van der Waals surface area contributed by atoms with Gasteiger partial charge in [0.05, 0.1) is 26.4 Å². The van der Waals surface area contributed by atoms with Crippen molar-refractivity contribution in [1.29, 1.82) is 0 Å². The van der Waals surface area contributed by atoms with E-state index in [9.17, 15) is 43.2 Å². The molecule has 0 fully saturated rings. The number of phosphoric ester groups is 2. The molecule has 2 unspecified atom stereocenters. The molecule has 0 aromatic carbocycles. The van der Waals surface area contributed by atoms with E-state index >= 15 is 0 Å². The summed E-state index contributed by atoms with van der Waals surface area (Å²) in [6.45, 7) is 9.59. The van der Waals surface area contributed by atoms with Crippen LogP contribution in [0.25, 0.3) is 0 Å². The van der Waals surface area contributed by atoms with Crippen LogP contribution in [-0.4, -0.2) is 96.7 Å². The maximum absolute atomic E-state index is 13.1. The molecule has 3 N–H and O–H groups in total. The molecule has 0 amide bonds. The van der Waals surface area contributed by atoms with E-state index < -0.39 is 97.5 Å². The molecule has 0 saturated heterocycles. The number of carbonyl (C=O) groups is 4. The second kappa shape index (κ2) is 65.0. The van der Waals surface area contributed by atoms with E-state index in [1.165, 1.54) is 193 Å². The van der Waals surface area contributed by atoms with Gasteiger partial charge in [-0.05, 0) is 37.5 Å². The van der Waals surface area contributed by atoms with Gasteiger partial charge < -0.3 is 33.8 Å². The Bertz CT molecular complexity index is 1790. The molecule has 5 atom stereocenters. The van der Waals surface area contributed by atoms with Crippen molar-refractivity contribution in [2.75, 3.05) is 39.6 Å². The van der Waals surface area contributed by atoms with Crippen LogP contribution >= 0.6 is 15.6 Å². The number of esters is 4. The molecule has 0 aromatic heterocycles. The van der Waals surface area contributed by atoms with Crippen molar-refractivity contribution >= 4 is 39.5 Å². The quantitative estimate of drug-likeness (QED) is 0.0222. The van der Waals surface area contributed by atoms with Crippen LogP contribution in [0.4, 0.5) is 0 Å². The molecule has 92 heavy (non-hydrogen) atoms. The summed E-state index contributed by atoms with van der Waals surface area (Å²) in [6.07, 6.45) is 51.2. The van der Waals surface area contributed by atoms with Crippen LogP contribution in [0.1, 0.15) is 375 Å². The highest BCUT2D eigenvalue weighted by Crippen LogP contribution is 2.45. The minimum Gasteiger partial charge on any atom is -0.462 e. The van der Waals surface area contributed by atoms with E-state index in [1.807, 2.05) is 0 Å². The second-order valence-electron chi connectivity index (χ2n) is 27.3. The number of rotatable bonds is 72. The van der Waals surface area contributed by atoms with Gasteiger partial charge in [-0.25, -0.2) is 9.13 Å². The fourth-order valence-electron chi connectivity index (χ4n) is 11.1. The van der Waals surface area contributed by atoms with Gasteiger partial charge in [-0.15, -0.1) is 0 Å². The van der Waals surface area contributed by atoms with E-state index in [0.717, 1.165) is 102 Å². The van der Waals surface area contributed by atoms with Gasteiger partial charge in [0, 0.05) is 25.7 Å². The average Bonchev–Trinajstić information content (AvgIpc) is 2.49. The summed E-state index contributed by atoms with van der Waals surface area (Å²) in [5.74, 6) is -0.553. The third-order valence-corrected chi connectivity index (χ3v) is 18.9. The van der Waals surface area contributed by atoms with Crippen molar-refractivity contribution in [3.8, 4) is 0 Å². The Morgan fingerprint density at radius 1 is 0.293 bits per heavy atom. The van der Waals surface area contributed by atoms with Gasteiger partial charge in [0.25, 0.3) is 0 Å². The topological polar surface area (TPSA) is 237 Å². The number of ether oxygens (including phenoxy) is 4. The molecule has 0 spiro atoms. The zero-order valence-corrected chi connectivity index (χ0v) is 61.6. The van der Waals surface area contributed by atoms with Crippen LogP contribution in [0.2, 0.25) is 0 Å². The third-order valence-electron chi connectivity index (χ3n) is 17.0. The Morgan fingerprint density at radius 2 is 0.500 bits per heavy atom. The molecule has 0 saturated carbocycles. The van der Waals surface area contributed by atoms with E-state index in [1.54, 1.807) is 0 Å². The van der Waals surface area contributed by atoms with Crippen LogP contribution in [0, 0.1) is 11.8 Å². The van der Waals surface area contributed by atoms with Gasteiger partial charge in [-0.1, -0.05) is 324 Å². The lowest BCUT2D eigenvalue weighted by Gasteiger charge is -2.21. The molecule has 0 bridgehead atoms. The summed E-state index contributed by atoms with van der Waals surface area (Å²) in [7, 11) is -9.90. The summed E-state index contributed by atoms with van der Waals surface area (Å²) in [5.41, 5.74) is 0. The SMILES string of the molecule is CCCCCCCCCCCCCCC(=O)O[C@H](COC(=O)CCCCCCCCCCC)COP(=O)(O)OC[C@H](O)COP(=O)(O)OC[C@@H](COC(=O)CCCCCCCCCCCCCC(C)C)OC(=O)CCCCCCCCCCCCCCCCC(C)C. The van der Waals surface area contributed by atoms with Gasteiger partial charge in [0.2, 0.25) is 0 Å². The van der Waals surface area contributed by atoms with E-state index in [-0.39, 0.29) is 25.7 Å². The van der Waals surface area contributed by atoms with Crippen molar-refractivity contribution in [2.45, 2.75) is 394 Å². The highest BCUT2D eigenvalue weighted by molar-refractivity contribution is 7.47. The molecule has 17 nitrogen and oxygen atoms in total. The van der Waals surface area contributed by atoms with E-state index in [4.69, 9.17) is 37.0 Å². The van der Waals surface area contributed by atoms with Crippen molar-refractivity contribution < 1.29 is 80.2 Å². The van der Waals surface area contributed by atoms with Gasteiger partial charge in [-0.2, -0.15) is 0 Å². The smallest absolute Gasteiger partial charge is 0.462 e. The van der Waals surface area contributed by atoms with Crippen LogP contribution in [0.15, 0.2) is 0 Å². The Hall–Kier alpha value is -1.94. The lowest BCUT2D eigenvalue weighted by atomic mass is 10.0. The molecule has 0 aliphatic heterocycles. The Morgan fingerprint density at radius 3 is 0.739 bits per heavy atom. The first-order chi connectivity index (χ1) is 44.4. The molecule has 0 aliphatic rings. The second-order valence-corrected chi connectivity index (χ2v) is 30.2. The molecule has 0 rings (SSSR count). The first-order valence-corrected chi connectivity index (χ1v) is 41.0. The summed E-state index contributed by atoms with van der Waals surface area (Å²) < 4.78 is 68.4. The molecule has 546 valence electrons. The summed E-state index contributed by atoms with van der Waals surface area (Å²) in [4.78, 5) is 72.6. The summed E-state index contributed by atoms with van der Waals surface area (Å²) in [6, 6.07) is 0. The molecule has 0 aromatic rings. The third kappa shape index (κ3) is 66.7. The molecule has 19 heteroatoms. The number of carbonyl (C=O) groups excluding carboxylic acids is 4. The number of aliphatic hydroxyl groups excluding tert-OH is 1. The zero-order chi connectivity index (χ0) is 67.9. The van der Waals surface area contributed by atoms with Gasteiger partial charge in [0.1, 0.15) is 19.3 Å². The largest absolute Gasteiger partial charge is 0.472 e. The number of aliphatic hydroxyl groups is 1. The average molecular weight is 1350 g/mol. The summed E-state index contributed by atoms with van der Waals surface area (Å²) in [5, 5.41) is 10.6. The van der Waals surface area contributed by atoms with Gasteiger partial charge in [0.15, 0.2) is 12.2 Å². The molecule has 0 radical (unpaired) electrons. The maximum Gasteiger partial charge on any atom is 0.472 e. The number of hydrogen-bond donors (Lipinski definition) is 3.